The molecule has 0 spiro atoms. The Kier molecular flexibility index (Phi) is 6.07. The van der Waals surface area contributed by atoms with Crippen LogP contribution >= 0.6 is 23.2 Å². The van der Waals surface area contributed by atoms with Crippen LogP contribution in [0.25, 0.3) is 0 Å². The van der Waals surface area contributed by atoms with E-state index in [9.17, 15) is 18.0 Å². The van der Waals surface area contributed by atoms with E-state index in [0.717, 1.165) is 31.4 Å². The Labute approximate surface area is 161 Å². The van der Waals surface area contributed by atoms with E-state index in [0.29, 0.717) is 11.8 Å². The first-order valence-electron chi connectivity index (χ1n) is 9.14. The molecule has 2 aliphatic carbocycles. The van der Waals surface area contributed by atoms with Gasteiger partial charge >= 0.3 is 6.18 Å². The number of nitrogens with one attached hydrogen (secondary N) is 1. The molecule has 1 aromatic carbocycles. The van der Waals surface area contributed by atoms with Gasteiger partial charge in [-0.1, -0.05) is 61.7 Å². The fourth-order valence-corrected chi connectivity index (χ4v) is 5.15. The average Bonchev–Trinajstić information content (AvgIpc) is 3.02. The van der Waals surface area contributed by atoms with Gasteiger partial charge in [-0.15, -0.1) is 0 Å². The van der Waals surface area contributed by atoms with Crippen LogP contribution in [0.1, 0.15) is 67.3 Å². The third-order valence-electron chi connectivity index (χ3n) is 5.74. The third-order valence-corrected chi connectivity index (χ3v) is 6.33. The number of carbonyl (C=O) groups is 1. The summed E-state index contributed by atoms with van der Waals surface area (Å²) in [5, 5.41) is 2.46. The van der Waals surface area contributed by atoms with Gasteiger partial charge in [0.2, 0.25) is 0 Å². The van der Waals surface area contributed by atoms with Gasteiger partial charge in [0, 0.05) is 6.04 Å². The molecule has 0 unspecified atom stereocenters. The van der Waals surface area contributed by atoms with Gasteiger partial charge in [0.05, 0.1) is 21.2 Å². The van der Waals surface area contributed by atoms with E-state index in [1.807, 2.05) is 0 Å². The lowest BCUT2D eigenvalue weighted by Gasteiger charge is -2.32. The smallest absolute Gasteiger partial charge is 0.349 e. The van der Waals surface area contributed by atoms with Crippen LogP contribution in [0.2, 0.25) is 10.0 Å². The van der Waals surface area contributed by atoms with Crippen molar-refractivity contribution in [3.8, 4) is 0 Å². The molecule has 1 N–H and O–H groups in total. The first-order chi connectivity index (χ1) is 12.3. The molecule has 144 valence electrons. The Bertz CT molecular complexity index is 648. The van der Waals surface area contributed by atoms with Crippen molar-refractivity contribution in [2.24, 2.45) is 11.8 Å². The maximum Gasteiger partial charge on any atom is 0.416 e. The Morgan fingerprint density at radius 2 is 1.58 bits per heavy atom. The highest BCUT2D eigenvalue weighted by Crippen LogP contribution is 2.40. The van der Waals surface area contributed by atoms with Crippen LogP contribution in [0.5, 0.6) is 0 Å². The predicted octanol–water partition coefficient (Wildman–Crippen LogP) is 6.49. The first kappa shape index (κ1) is 19.8. The van der Waals surface area contributed by atoms with Crippen molar-refractivity contribution in [1.29, 1.82) is 0 Å². The SMILES string of the molecule is O=C(N[C@H]1CCC[C@H]1C1CCCCC1)c1c(Cl)cc(C(F)(F)F)cc1Cl. The summed E-state index contributed by atoms with van der Waals surface area (Å²) in [6.45, 7) is 0. The predicted molar refractivity (Wildman–Crippen MR) is 96.6 cm³/mol. The summed E-state index contributed by atoms with van der Waals surface area (Å²) in [6, 6.07) is 1.56. The van der Waals surface area contributed by atoms with Gasteiger partial charge < -0.3 is 5.32 Å². The summed E-state index contributed by atoms with van der Waals surface area (Å²) < 4.78 is 38.5. The number of alkyl halides is 3. The molecule has 7 heteroatoms. The molecule has 2 atom stereocenters. The molecule has 2 saturated carbocycles. The van der Waals surface area contributed by atoms with Gasteiger partial charge in [-0.25, -0.2) is 0 Å². The zero-order valence-electron chi connectivity index (χ0n) is 14.3. The maximum absolute atomic E-state index is 12.8. The lowest BCUT2D eigenvalue weighted by atomic mass is 9.77. The number of carbonyl (C=O) groups excluding carboxylic acids is 1. The van der Waals surface area contributed by atoms with Gasteiger partial charge in [0.1, 0.15) is 0 Å². The largest absolute Gasteiger partial charge is 0.416 e. The Balaban J connectivity index is 1.75. The van der Waals surface area contributed by atoms with Crippen LogP contribution in [0.3, 0.4) is 0 Å². The van der Waals surface area contributed by atoms with E-state index >= 15 is 0 Å². The molecule has 0 heterocycles. The summed E-state index contributed by atoms with van der Waals surface area (Å²) in [7, 11) is 0. The second-order valence-corrected chi connectivity index (χ2v) is 8.20. The molecule has 0 radical (unpaired) electrons. The van der Waals surface area contributed by atoms with Gasteiger partial charge in [0.25, 0.3) is 5.91 Å². The highest BCUT2D eigenvalue weighted by molar-refractivity contribution is 6.39. The molecule has 0 aliphatic heterocycles. The second-order valence-electron chi connectivity index (χ2n) is 7.39. The topological polar surface area (TPSA) is 29.1 Å². The maximum atomic E-state index is 12.8. The first-order valence-corrected chi connectivity index (χ1v) is 9.90. The van der Waals surface area contributed by atoms with E-state index < -0.39 is 17.6 Å². The van der Waals surface area contributed by atoms with E-state index in [-0.39, 0.29) is 21.7 Å². The van der Waals surface area contributed by atoms with E-state index in [4.69, 9.17) is 23.2 Å². The lowest BCUT2D eigenvalue weighted by molar-refractivity contribution is -0.137. The van der Waals surface area contributed by atoms with E-state index in [1.54, 1.807) is 0 Å². The van der Waals surface area contributed by atoms with Crippen LogP contribution < -0.4 is 5.32 Å². The Morgan fingerprint density at radius 3 is 2.15 bits per heavy atom. The van der Waals surface area contributed by atoms with Crippen molar-refractivity contribution in [2.45, 2.75) is 63.6 Å². The third kappa shape index (κ3) is 4.30. The number of rotatable bonds is 3. The van der Waals surface area contributed by atoms with Crippen molar-refractivity contribution in [1.82, 2.24) is 5.32 Å². The van der Waals surface area contributed by atoms with Crippen LogP contribution in [0.15, 0.2) is 12.1 Å². The molecule has 0 bridgehead atoms. The minimum Gasteiger partial charge on any atom is -0.349 e. The molecule has 1 amide bonds. The van der Waals surface area contributed by atoms with Gasteiger partial charge in [-0.3, -0.25) is 4.79 Å². The van der Waals surface area contributed by atoms with Crippen LogP contribution in [0, 0.1) is 11.8 Å². The van der Waals surface area contributed by atoms with Gasteiger partial charge in [-0.2, -0.15) is 13.2 Å². The monoisotopic (exact) mass is 407 g/mol. The molecule has 2 fully saturated rings. The molecular formula is C19H22Cl2F3NO. The fourth-order valence-electron chi connectivity index (χ4n) is 4.49. The van der Waals surface area contributed by atoms with E-state index in [2.05, 4.69) is 5.32 Å². The molecule has 26 heavy (non-hydrogen) atoms. The van der Waals surface area contributed by atoms with Crippen molar-refractivity contribution in [3.63, 3.8) is 0 Å². The van der Waals surface area contributed by atoms with E-state index in [1.165, 1.54) is 32.1 Å². The van der Waals surface area contributed by atoms with Gasteiger partial charge in [0.15, 0.2) is 0 Å². The van der Waals surface area contributed by atoms with Crippen molar-refractivity contribution in [2.75, 3.05) is 0 Å². The normalized spacial score (nSPS) is 24.7. The summed E-state index contributed by atoms with van der Waals surface area (Å²) in [4.78, 5) is 12.7. The number of hydrogen-bond acceptors (Lipinski definition) is 1. The Hall–Kier alpha value is -0.940. The molecule has 1 aromatic rings. The van der Waals surface area contributed by atoms with Gasteiger partial charge in [-0.05, 0) is 36.8 Å². The van der Waals surface area contributed by atoms with Crippen molar-refractivity contribution < 1.29 is 18.0 Å². The highest BCUT2D eigenvalue weighted by atomic mass is 35.5. The minimum atomic E-state index is -4.56. The zero-order valence-corrected chi connectivity index (χ0v) is 15.9. The molecular weight excluding hydrogens is 386 g/mol. The van der Waals surface area contributed by atoms with Crippen LogP contribution in [0.4, 0.5) is 13.2 Å². The minimum absolute atomic E-state index is 0.0417. The summed E-state index contributed by atoms with van der Waals surface area (Å²) in [5.74, 6) is 0.572. The second kappa shape index (κ2) is 7.97. The molecule has 3 rings (SSSR count). The fraction of sp³-hybridized carbons (Fsp3) is 0.632. The summed E-state index contributed by atoms with van der Waals surface area (Å²) in [6.07, 6.45) is 4.61. The van der Waals surface area contributed by atoms with Crippen LogP contribution in [-0.2, 0) is 6.18 Å². The molecule has 2 nitrogen and oxygen atoms in total. The average molecular weight is 408 g/mol. The zero-order chi connectivity index (χ0) is 18.9. The molecule has 0 saturated heterocycles. The quantitative estimate of drug-likeness (QED) is 0.609. The lowest BCUT2D eigenvalue weighted by Crippen LogP contribution is -2.40. The number of halogens is 5. The van der Waals surface area contributed by atoms with Crippen LogP contribution in [-0.4, -0.2) is 11.9 Å². The molecule has 0 aromatic heterocycles. The summed E-state index contributed by atoms with van der Waals surface area (Å²) >= 11 is 11.9. The molecule has 2 aliphatic rings. The number of hydrogen-bond donors (Lipinski definition) is 1. The highest BCUT2D eigenvalue weighted by Gasteiger charge is 2.36. The number of benzene rings is 1. The van der Waals surface area contributed by atoms with Crippen molar-refractivity contribution >= 4 is 29.1 Å². The summed E-state index contributed by atoms with van der Waals surface area (Å²) in [5.41, 5.74) is -1.03. The Morgan fingerprint density at radius 1 is 0.962 bits per heavy atom. The standard InChI is InChI=1S/C19H22Cl2F3NO/c20-14-9-12(19(22,23)24)10-15(21)17(14)18(26)25-16-8-4-7-13(16)11-5-2-1-3-6-11/h9-11,13,16H,1-8H2,(H,25,26)/t13-,16-/m0/s1. The number of amides is 1. The van der Waals surface area contributed by atoms with Crippen molar-refractivity contribution in [3.05, 3.63) is 33.3 Å².